The number of amides is 1. The van der Waals surface area contributed by atoms with E-state index in [1.54, 1.807) is 7.11 Å². The molecule has 1 atom stereocenters. The van der Waals surface area contributed by atoms with E-state index >= 15 is 0 Å². The van der Waals surface area contributed by atoms with Crippen molar-refractivity contribution >= 4 is 17.4 Å². The van der Waals surface area contributed by atoms with Crippen LogP contribution >= 0.6 is 0 Å². The van der Waals surface area contributed by atoms with Crippen LogP contribution in [0.5, 0.6) is 0 Å². The number of para-hydroxylation sites is 1. The fourth-order valence-electron chi connectivity index (χ4n) is 3.57. The molecule has 6 nitrogen and oxygen atoms in total. The largest absolute Gasteiger partial charge is 0.385 e. The molecule has 0 aromatic heterocycles. The van der Waals surface area contributed by atoms with Crippen molar-refractivity contribution in [2.45, 2.75) is 45.3 Å². The second-order valence-electron chi connectivity index (χ2n) is 8.76. The molecule has 0 aliphatic carbocycles. The van der Waals surface area contributed by atoms with Gasteiger partial charge in [0.25, 0.3) is 0 Å². The third-order valence-corrected chi connectivity index (χ3v) is 5.49. The minimum Gasteiger partial charge on any atom is -0.385 e. The van der Waals surface area contributed by atoms with Gasteiger partial charge in [0.2, 0.25) is 17.5 Å². The van der Waals surface area contributed by atoms with Crippen LogP contribution in [0.2, 0.25) is 0 Å². The number of ketones is 1. The molecule has 0 saturated carbocycles. The van der Waals surface area contributed by atoms with Gasteiger partial charge in [-0.2, -0.15) is 0 Å². The second-order valence-corrected chi connectivity index (χ2v) is 8.76. The molecular weight excluding hydrogens is 406 g/mol. The molecule has 0 aliphatic heterocycles. The molecule has 174 valence electrons. The van der Waals surface area contributed by atoms with Gasteiger partial charge in [0.05, 0.1) is 5.92 Å². The highest BCUT2D eigenvalue weighted by atomic mass is 16.7. The van der Waals surface area contributed by atoms with Gasteiger partial charge in [0.1, 0.15) is 0 Å². The summed E-state index contributed by atoms with van der Waals surface area (Å²) in [5.74, 6) is -2.51. The van der Waals surface area contributed by atoms with Crippen molar-refractivity contribution in [2.75, 3.05) is 33.3 Å². The molecule has 2 rings (SSSR count). The molecule has 32 heavy (non-hydrogen) atoms. The van der Waals surface area contributed by atoms with Crippen molar-refractivity contribution in [2.24, 2.45) is 5.41 Å². The van der Waals surface area contributed by atoms with Gasteiger partial charge in [-0.1, -0.05) is 69.3 Å². The van der Waals surface area contributed by atoms with Crippen molar-refractivity contribution in [3.63, 3.8) is 0 Å². The zero-order valence-electron chi connectivity index (χ0n) is 19.9. The maximum Gasteiger partial charge on any atom is 0.229 e. The first-order valence-corrected chi connectivity index (χ1v) is 10.8. The lowest BCUT2D eigenvalue weighted by Crippen LogP contribution is -2.46. The molecule has 0 spiro atoms. The molecule has 2 aromatic rings. The summed E-state index contributed by atoms with van der Waals surface area (Å²) in [6, 6.07) is 16.8. The van der Waals surface area contributed by atoms with Crippen molar-refractivity contribution in [1.29, 1.82) is 0 Å². The average molecular weight is 442 g/mol. The summed E-state index contributed by atoms with van der Waals surface area (Å²) in [5.41, 5.74) is 1.49. The molecule has 1 unspecified atom stereocenters. The maximum atomic E-state index is 14.1. The van der Waals surface area contributed by atoms with E-state index in [2.05, 4.69) is 5.32 Å². The number of hydrogen-bond acceptors (Lipinski definition) is 5. The monoisotopic (exact) mass is 441 g/mol. The van der Waals surface area contributed by atoms with E-state index in [1.807, 2.05) is 75.4 Å². The Labute approximate surface area is 191 Å². The third kappa shape index (κ3) is 6.03. The minimum absolute atomic E-state index is 0.131. The highest BCUT2D eigenvalue weighted by Crippen LogP contribution is 2.37. The van der Waals surface area contributed by atoms with Crippen molar-refractivity contribution in [3.8, 4) is 0 Å². The quantitative estimate of drug-likeness (QED) is 0.401. The Hall–Kier alpha value is -2.54. The molecule has 1 N–H and O–H groups in total. The number of anilines is 1. The third-order valence-electron chi connectivity index (χ3n) is 5.49. The van der Waals surface area contributed by atoms with Gasteiger partial charge in [0, 0.05) is 45.5 Å². The van der Waals surface area contributed by atoms with Gasteiger partial charge in [-0.05, 0) is 23.6 Å². The number of benzene rings is 2. The Balaban J connectivity index is 2.59. The topological polar surface area (TPSA) is 73.9 Å². The van der Waals surface area contributed by atoms with E-state index in [-0.39, 0.29) is 11.7 Å². The van der Waals surface area contributed by atoms with Crippen LogP contribution in [0.15, 0.2) is 54.6 Å². The molecule has 0 bridgehead atoms. The standard InChI is InChI=1S/C26H35NO5/c1-25(2,3)24(29)27-21-16-11-10-15-20(21)22(19-13-8-7-9-14-19)23(28)26(31-5,32-6)17-12-18-30-4/h7-11,13-16,22H,12,17-18H2,1-6H3,(H,27,29). The molecule has 0 aliphatic rings. The normalized spacial score (nSPS) is 12.9. The zero-order valence-corrected chi connectivity index (χ0v) is 19.9. The molecular formula is C26H35NO5. The lowest BCUT2D eigenvalue weighted by Gasteiger charge is -2.34. The Morgan fingerprint density at radius 1 is 0.906 bits per heavy atom. The van der Waals surface area contributed by atoms with Gasteiger partial charge >= 0.3 is 0 Å². The average Bonchev–Trinajstić information content (AvgIpc) is 2.78. The summed E-state index contributed by atoms with van der Waals surface area (Å²) in [7, 11) is 4.57. The van der Waals surface area contributed by atoms with Gasteiger partial charge in [-0.15, -0.1) is 0 Å². The smallest absolute Gasteiger partial charge is 0.229 e. The number of hydrogen-bond donors (Lipinski definition) is 1. The van der Waals surface area contributed by atoms with Crippen LogP contribution in [0.1, 0.15) is 50.7 Å². The lowest BCUT2D eigenvalue weighted by molar-refractivity contribution is -0.211. The highest BCUT2D eigenvalue weighted by Gasteiger charge is 2.44. The summed E-state index contributed by atoms with van der Waals surface area (Å²) in [6.07, 6.45) is 0.931. The summed E-state index contributed by atoms with van der Waals surface area (Å²) in [5, 5.41) is 3.00. The van der Waals surface area contributed by atoms with Gasteiger partial charge in [-0.25, -0.2) is 0 Å². The van der Waals surface area contributed by atoms with Crippen LogP contribution in [0, 0.1) is 5.41 Å². The van der Waals surface area contributed by atoms with Crippen LogP contribution in [0.3, 0.4) is 0 Å². The molecule has 0 heterocycles. The number of carbonyl (C=O) groups is 2. The van der Waals surface area contributed by atoms with Crippen LogP contribution in [-0.4, -0.2) is 45.4 Å². The number of carbonyl (C=O) groups excluding carboxylic acids is 2. The van der Waals surface area contributed by atoms with Gasteiger partial charge in [0.15, 0.2) is 0 Å². The first-order valence-electron chi connectivity index (χ1n) is 10.8. The van der Waals surface area contributed by atoms with Crippen LogP contribution in [0.4, 0.5) is 5.69 Å². The lowest BCUT2D eigenvalue weighted by atomic mass is 9.82. The SMILES string of the molecule is COCCCC(OC)(OC)C(=O)C(c1ccccc1)c1ccccc1NC(=O)C(C)(C)C. The van der Waals surface area contributed by atoms with Crippen molar-refractivity contribution in [1.82, 2.24) is 0 Å². The first-order chi connectivity index (χ1) is 15.2. The molecule has 2 aromatic carbocycles. The van der Waals surface area contributed by atoms with Crippen LogP contribution in [-0.2, 0) is 23.8 Å². The number of ether oxygens (including phenoxy) is 3. The Bertz CT molecular complexity index is 885. The van der Waals surface area contributed by atoms with Crippen LogP contribution < -0.4 is 5.32 Å². The van der Waals surface area contributed by atoms with Crippen molar-refractivity contribution < 1.29 is 23.8 Å². The van der Waals surface area contributed by atoms with E-state index < -0.39 is 17.1 Å². The zero-order chi connectivity index (χ0) is 23.8. The van der Waals surface area contributed by atoms with Crippen molar-refractivity contribution in [3.05, 3.63) is 65.7 Å². The molecule has 1 amide bonds. The Morgan fingerprint density at radius 3 is 2.06 bits per heavy atom. The summed E-state index contributed by atoms with van der Waals surface area (Å²) < 4.78 is 16.5. The second kappa shape index (κ2) is 11.4. The predicted molar refractivity (Wildman–Crippen MR) is 126 cm³/mol. The summed E-state index contributed by atoms with van der Waals surface area (Å²) in [6.45, 7) is 6.03. The molecule has 6 heteroatoms. The van der Waals surface area contributed by atoms with E-state index in [0.717, 1.165) is 5.56 Å². The number of nitrogens with one attached hydrogen (secondary N) is 1. The summed E-state index contributed by atoms with van der Waals surface area (Å²) in [4.78, 5) is 26.8. The number of Topliss-reactive ketones (excluding diaryl/α,β-unsaturated/α-hetero) is 1. The first kappa shape index (κ1) is 25.7. The van der Waals surface area contributed by atoms with E-state index in [0.29, 0.717) is 30.7 Å². The minimum atomic E-state index is -1.44. The maximum absolute atomic E-state index is 14.1. The highest BCUT2D eigenvalue weighted by molar-refractivity contribution is 5.99. The van der Waals surface area contributed by atoms with E-state index in [1.165, 1.54) is 14.2 Å². The van der Waals surface area contributed by atoms with E-state index in [9.17, 15) is 9.59 Å². The van der Waals surface area contributed by atoms with Gasteiger partial charge in [-0.3, -0.25) is 9.59 Å². The fourth-order valence-corrected chi connectivity index (χ4v) is 3.57. The van der Waals surface area contributed by atoms with Gasteiger partial charge < -0.3 is 19.5 Å². The van der Waals surface area contributed by atoms with Crippen LogP contribution in [0.25, 0.3) is 0 Å². The van der Waals surface area contributed by atoms with E-state index in [4.69, 9.17) is 14.2 Å². The number of rotatable bonds is 11. The molecule has 0 saturated heterocycles. The summed E-state index contributed by atoms with van der Waals surface area (Å²) >= 11 is 0. The fraction of sp³-hybridized carbons (Fsp3) is 0.462. The number of methoxy groups -OCH3 is 3. The Kier molecular flexibility index (Phi) is 9.13. The molecule has 0 fully saturated rings. The molecule has 0 radical (unpaired) electrons. The predicted octanol–water partition coefficient (Wildman–Crippen LogP) is 4.79. The Morgan fingerprint density at radius 2 is 1.50 bits per heavy atom.